The monoisotopic (exact) mass is 479 g/mol. The summed E-state index contributed by atoms with van der Waals surface area (Å²) < 4.78 is 50.1. The van der Waals surface area contributed by atoms with Gasteiger partial charge in [0.2, 0.25) is 0 Å². The summed E-state index contributed by atoms with van der Waals surface area (Å²) in [5.74, 6) is 1.26. The van der Waals surface area contributed by atoms with Crippen molar-refractivity contribution < 1.29 is 17.9 Å². The van der Waals surface area contributed by atoms with Crippen molar-refractivity contribution in [1.82, 2.24) is 24.3 Å². The number of ether oxygens (including phenoxy) is 1. The van der Waals surface area contributed by atoms with Gasteiger partial charge in [-0.05, 0) is 55.2 Å². The SMILES string of the molecule is COc1cc(C=Cc2nc3n(n2)CCC[C@@H]3c2ccccc2C(F)(F)F)ccc1-n1cnc(C)c1. The van der Waals surface area contributed by atoms with Gasteiger partial charge >= 0.3 is 6.18 Å². The maximum absolute atomic E-state index is 13.6. The number of methoxy groups -OCH3 is 1. The maximum atomic E-state index is 13.6. The van der Waals surface area contributed by atoms with Gasteiger partial charge in [-0.1, -0.05) is 30.3 Å². The van der Waals surface area contributed by atoms with Crippen LogP contribution in [0.1, 0.15) is 52.8 Å². The fraction of sp³-hybridized carbons (Fsp3) is 0.269. The van der Waals surface area contributed by atoms with E-state index in [1.807, 2.05) is 42.0 Å². The van der Waals surface area contributed by atoms with Crippen LogP contribution < -0.4 is 4.74 Å². The molecule has 4 aromatic rings. The number of fused-ring (bicyclic) bond motifs is 1. The lowest BCUT2D eigenvalue weighted by atomic mass is 9.88. The number of hydrogen-bond acceptors (Lipinski definition) is 4. The first-order valence-electron chi connectivity index (χ1n) is 11.3. The molecule has 0 saturated carbocycles. The van der Waals surface area contributed by atoms with Gasteiger partial charge in [0.05, 0.1) is 30.4 Å². The largest absolute Gasteiger partial charge is 0.495 e. The minimum absolute atomic E-state index is 0.249. The fourth-order valence-corrected chi connectivity index (χ4v) is 4.53. The third-order valence-corrected chi connectivity index (χ3v) is 6.15. The molecule has 0 aliphatic carbocycles. The molecule has 6 nitrogen and oxygen atoms in total. The van der Waals surface area contributed by atoms with Gasteiger partial charge in [-0.3, -0.25) is 0 Å². The zero-order valence-electron chi connectivity index (χ0n) is 19.3. The Balaban J connectivity index is 1.43. The Labute approximate surface area is 200 Å². The van der Waals surface area contributed by atoms with E-state index in [0.717, 1.165) is 29.4 Å². The molecule has 0 amide bonds. The lowest BCUT2D eigenvalue weighted by Crippen LogP contribution is -2.21. The van der Waals surface area contributed by atoms with Gasteiger partial charge in [-0.25, -0.2) is 14.6 Å². The van der Waals surface area contributed by atoms with Gasteiger partial charge in [-0.15, -0.1) is 0 Å². The fourth-order valence-electron chi connectivity index (χ4n) is 4.53. The molecule has 1 aliphatic heterocycles. The van der Waals surface area contributed by atoms with Gasteiger partial charge in [0, 0.05) is 18.7 Å². The molecule has 2 aromatic carbocycles. The predicted octanol–water partition coefficient (Wildman–Crippen LogP) is 5.90. The number of aromatic nitrogens is 5. The van der Waals surface area contributed by atoms with Crippen LogP contribution in [0.5, 0.6) is 5.75 Å². The highest BCUT2D eigenvalue weighted by atomic mass is 19.4. The standard InChI is InChI=1S/C26H24F3N5O/c1-17-15-33(16-30-17)22-11-9-18(14-23(22)35-2)10-12-24-31-25-20(7-5-13-34(25)32-24)19-6-3-4-8-21(19)26(27,28)29/h3-4,6,8-12,14-16,20H,5,7,13H2,1-2H3/t20-/m1/s1. The molecule has 180 valence electrons. The summed E-state index contributed by atoms with van der Waals surface area (Å²) in [6.07, 6.45) is 4.21. The molecule has 0 saturated heterocycles. The first-order valence-corrected chi connectivity index (χ1v) is 11.3. The Morgan fingerprint density at radius 2 is 1.94 bits per heavy atom. The van der Waals surface area contributed by atoms with E-state index < -0.39 is 17.7 Å². The van der Waals surface area contributed by atoms with Crippen LogP contribution in [0.2, 0.25) is 0 Å². The first-order chi connectivity index (χ1) is 16.8. The highest BCUT2D eigenvalue weighted by Crippen LogP contribution is 2.40. The summed E-state index contributed by atoms with van der Waals surface area (Å²) in [5, 5.41) is 4.54. The maximum Gasteiger partial charge on any atom is 0.416 e. The Kier molecular flexibility index (Phi) is 5.92. The molecule has 35 heavy (non-hydrogen) atoms. The van der Waals surface area contributed by atoms with Gasteiger partial charge in [-0.2, -0.15) is 18.3 Å². The number of aryl methyl sites for hydroxylation is 2. The second kappa shape index (κ2) is 9.05. The minimum atomic E-state index is -4.41. The average Bonchev–Trinajstić information content (AvgIpc) is 3.47. The molecule has 1 aliphatic rings. The molecule has 2 aromatic heterocycles. The quantitative estimate of drug-likeness (QED) is 0.358. The second-order valence-corrected chi connectivity index (χ2v) is 8.52. The van der Waals surface area contributed by atoms with Crippen molar-refractivity contribution in [3.05, 3.63) is 89.0 Å². The molecule has 0 spiro atoms. The zero-order chi connectivity index (χ0) is 24.6. The van der Waals surface area contributed by atoms with Crippen molar-refractivity contribution in [3.63, 3.8) is 0 Å². The van der Waals surface area contributed by atoms with Crippen LogP contribution >= 0.6 is 0 Å². The Morgan fingerprint density at radius 3 is 2.69 bits per heavy atom. The normalized spacial score (nSPS) is 16.0. The molecule has 0 N–H and O–H groups in total. The Hall–Kier alpha value is -3.88. The molecule has 0 unspecified atom stereocenters. The predicted molar refractivity (Wildman–Crippen MR) is 126 cm³/mol. The summed E-state index contributed by atoms with van der Waals surface area (Å²) in [6, 6.07) is 11.5. The number of rotatable bonds is 5. The lowest BCUT2D eigenvalue weighted by molar-refractivity contribution is -0.138. The zero-order valence-corrected chi connectivity index (χ0v) is 19.3. The summed E-state index contributed by atoms with van der Waals surface area (Å²) in [4.78, 5) is 8.87. The number of imidazole rings is 1. The van der Waals surface area contributed by atoms with E-state index in [-0.39, 0.29) is 5.56 Å². The van der Waals surface area contributed by atoms with E-state index >= 15 is 0 Å². The third kappa shape index (κ3) is 4.58. The van der Waals surface area contributed by atoms with Crippen molar-refractivity contribution >= 4 is 12.2 Å². The van der Waals surface area contributed by atoms with Crippen LogP contribution in [-0.4, -0.2) is 31.4 Å². The van der Waals surface area contributed by atoms with E-state index in [1.54, 1.807) is 36.3 Å². The highest BCUT2D eigenvalue weighted by Gasteiger charge is 2.37. The summed E-state index contributed by atoms with van der Waals surface area (Å²) >= 11 is 0. The van der Waals surface area contributed by atoms with Crippen molar-refractivity contribution in [2.24, 2.45) is 0 Å². The van der Waals surface area contributed by atoms with Gasteiger partial charge < -0.3 is 9.30 Å². The van der Waals surface area contributed by atoms with E-state index in [4.69, 9.17) is 4.74 Å². The van der Waals surface area contributed by atoms with Crippen LogP contribution in [0.3, 0.4) is 0 Å². The number of hydrogen-bond donors (Lipinski definition) is 0. The van der Waals surface area contributed by atoms with Crippen molar-refractivity contribution in [1.29, 1.82) is 0 Å². The van der Waals surface area contributed by atoms with Crippen LogP contribution in [0.25, 0.3) is 17.8 Å². The summed E-state index contributed by atoms with van der Waals surface area (Å²) in [7, 11) is 1.61. The van der Waals surface area contributed by atoms with E-state index in [1.165, 1.54) is 6.07 Å². The van der Waals surface area contributed by atoms with Gasteiger partial charge in [0.25, 0.3) is 0 Å². The smallest absolute Gasteiger partial charge is 0.416 e. The summed E-state index contributed by atoms with van der Waals surface area (Å²) in [6.45, 7) is 2.55. The van der Waals surface area contributed by atoms with E-state index in [0.29, 0.717) is 30.4 Å². The molecule has 3 heterocycles. The Morgan fingerprint density at radius 1 is 1.11 bits per heavy atom. The molecule has 9 heteroatoms. The highest BCUT2D eigenvalue weighted by molar-refractivity contribution is 5.69. The molecule has 0 radical (unpaired) electrons. The number of nitrogens with zero attached hydrogens (tertiary/aromatic N) is 5. The minimum Gasteiger partial charge on any atom is -0.495 e. The lowest BCUT2D eigenvalue weighted by Gasteiger charge is -2.25. The van der Waals surface area contributed by atoms with E-state index in [9.17, 15) is 13.2 Å². The summed E-state index contributed by atoms with van der Waals surface area (Å²) in [5.41, 5.74) is 2.29. The van der Waals surface area contributed by atoms with Crippen LogP contribution in [0, 0.1) is 6.92 Å². The topological polar surface area (TPSA) is 57.8 Å². The molecule has 0 bridgehead atoms. The van der Waals surface area contributed by atoms with Gasteiger partial charge in [0.15, 0.2) is 5.82 Å². The van der Waals surface area contributed by atoms with E-state index in [2.05, 4.69) is 15.1 Å². The molecule has 0 fully saturated rings. The van der Waals surface area contributed by atoms with Gasteiger partial charge in [0.1, 0.15) is 11.6 Å². The van der Waals surface area contributed by atoms with Crippen molar-refractivity contribution in [2.75, 3.05) is 7.11 Å². The average molecular weight is 480 g/mol. The molecule has 1 atom stereocenters. The third-order valence-electron chi connectivity index (χ3n) is 6.15. The number of halogens is 3. The number of alkyl halides is 3. The molecular weight excluding hydrogens is 455 g/mol. The Bertz CT molecular complexity index is 1390. The molecule has 5 rings (SSSR count). The first kappa shape index (κ1) is 22.9. The number of benzene rings is 2. The van der Waals surface area contributed by atoms with Crippen LogP contribution in [0.4, 0.5) is 13.2 Å². The van der Waals surface area contributed by atoms with Crippen LogP contribution in [-0.2, 0) is 12.7 Å². The van der Waals surface area contributed by atoms with Crippen molar-refractivity contribution in [2.45, 2.75) is 38.4 Å². The van der Waals surface area contributed by atoms with Crippen LogP contribution in [0.15, 0.2) is 55.0 Å². The second-order valence-electron chi connectivity index (χ2n) is 8.52. The van der Waals surface area contributed by atoms with Crippen molar-refractivity contribution in [3.8, 4) is 11.4 Å². The molecular formula is C26H24F3N5O.